The van der Waals surface area contributed by atoms with Crippen LogP contribution in [0.3, 0.4) is 0 Å². The normalized spacial score (nSPS) is 24.2. The van der Waals surface area contributed by atoms with Gasteiger partial charge in [0, 0.05) is 6.54 Å². The first-order valence-electron chi connectivity index (χ1n) is 9.80. The number of aromatic nitrogens is 4. The summed E-state index contributed by atoms with van der Waals surface area (Å²) in [4.78, 5) is 35.3. The lowest BCUT2D eigenvalue weighted by molar-refractivity contribution is -0.124. The first-order valence-corrected chi connectivity index (χ1v) is 9.80. The fourth-order valence-electron chi connectivity index (χ4n) is 3.47. The van der Waals surface area contributed by atoms with Gasteiger partial charge in [0.1, 0.15) is 24.1 Å². The summed E-state index contributed by atoms with van der Waals surface area (Å²) >= 11 is 0. The third kappa shape index (κ3) is 4.99. The molecule has 0 radical (unpaired) electrons. The van der Waals surface area contributed by atoms with E-state index >= 15 is 0 Å². The Morgan fingerprint density at radius 1 is 1.29 bits per heavy atom. The van der Waals surface area contributed by atoms with Crippen LogP contribution in [0.5, 0.6) is 0 Å². The molecule has 14 heteroatoms. The van der Waals surface area contributed by atoms with Gasteiger partial charge in [-0.15, -0.1) is 0 Å². The number of imidazole rings is 1. The Labute approximate surface area is 177 Å². The summed E-state index contributed by atoms with van der Waals surface area (Å²) in [5.74, 6) is -0.312. The average Bonchev–Trinajstić information content (AvgIpc) is 3.29. The molecule has 2 aromatic rings. The predicted octanol–water partition coefficient (Wildman–Crippen LogP) is -2.69. The van der Waals surface area contributed by atoms with E-state index in [9.17, 15) is 19.8 Å². The van der Waals surface area contributed by atoms with Crippen molar-refractivity contribution in [2.45, 2.75) is 49.8 Å². The molecule has 1 fully saturated rings. The van der Waals surface area contributed by atoms with Crippen LogP contribution in [-0.2, 0) is 9.53 Å². The Bertz CT molecular complexity index is 923. The zero-order chi connectivity index (χ0) is 22.5. The van der Waals surface area contributed by atoms with Crippen LogP contribution < -0.4 is 27.8 Å². The quantitative estimate of drug-likeness (QED) is 0.201. The number of hydrogen-bond acceptors (Lipinski definition) is 10. The number of anilines is 1. The summed E-state index contributed by atoms with van der Waals surface area (Å²) in [6.07, 6.45) is 1.19. The van der Waals surface area contributed by atoms with Crippen molar-refractivity contribution in [3.8, 4) is 0 Å². The number of nitrogens with one attached hydrogen (secondary N) is 2. The minimum absolute atomic E-state index is 0.178. The average molecular weight is 437 g/mol. The molecule has 1 aliphatic rings. The largest absolute Gasteiger partial charge is 0.394 e. The van der Waals surface area contributed by atoms with E-state index in [-0.39, 0.29) is 5.82 Å². The van der Waals surface area contributed by atoms with Crippen LogP contribution in [0.2, 0.25) is 0 Å². The second-order valence-corrected chi connectivity index (χ2v) is 7.25. The van der Waals surface area contributed by atoms with Gasteiger partial charge >= 0.3 is 6.03 Å². The number of amides is 3. The molecule has 2 aromatic heterocycles. The van der Waals surface area contributed by atoms with Crippen molar-refractivity contribution in [1.82, 2.24) is 30.2 Å². The highest BCUT2D eigenvalue weighted by Crippen LogP contribution is 2.32. The number of nitrogens with zero attached hydrogens (tertiary/aromatic N) is 4. The van der Waals surface area contributed by atoms with Crippen molar-refractivity contribution >= 4 is 28.9 Å². The molecule has 0 spiro atoms. The highest BCUT2D eigenvalue weighted by Gasteiger charge is 2.46. The monoisotopic (exact) mass is 437 g/mol. The smallest absolute Gasteiger partial charge is 0.312 e. The molecular weight excluding hydrogens is 410 g/mol. The van der Waals surface area contributed by atoms with E-state index in [4.69, 9.17) is 21.9 Å². The van der Waals surface area contributed by atoms with E-state index in [2.05, 4.69) is 25.6 Å². The number of ether oxygens (including phenoxy) is 1. The first-order chi connectivity index (χ1) is 14.8. The minimum atomic E-state index is -1.21. The van der Waals surface area contributed by atoms with Crippen molar-refractivity contribution in [2.75, 3.05) is 18.9 Å². The Hall–Kier alpha value is -3.07. The number of hydrogen-bond donors (Lipinski definition) is 7. The predicted molar refractivity (Wildman–Crippen MR) is 108 cm³/mol. The third-order valence-corrected chi connectivity index (χ3v) is 5.10. The van der Waals surface area contributed by atoms with Crippen molar-refractivity contribution in [3.05, 3.63) is 12.7 Å². The molecule has 14 nitrogen and oxygen atoms in total. The number of fused-ring (bicyclic) bond motifs is 1. The highest BCUT2D eigenvalue weighted by molar-refractivity contribution is 5.82. The molecule has 170 valence electrons. The molecule has 0 aromatic carbocycles. The molecule has 5 atom stereocenters. The van der Waals surface area contributed by atoms with Gasteiger partial charge in [-0.2, -0.15) is 0 Å². The van der Waals surface area contributed by atoms with E-state index in [1.165, 1.54) is 17.2 Å². The number of rotatable bonds is 9. The van der Waals surface area contributed by atoms with Gasteiger partial charge in [-0.05, 0) is 19.3 Å². The summed E-state index contributed by atoms with van der Waals surface area (Å²) in [5, 5.41) is 25.6. The molecular formula is C17H27N9O5. The topological polar surface area (TPSA) is 230 Å². The molecule has 0 aliphatic carbocycles. The molecule has 3 amide bonds. The van der Waals surface area contributed by atoms with Gasteiger partial charge in [0.05, 0.1) is 25.0 Å². The molecule has 5 unspecified atom stereocenters. The lowest BCUT2D eigenvalue weighted by Crippen LogP contribution is -2.53. The van der Waals surface area contributed by atoms with E-state index in [1.807, 2.05) is 0 Å². The van der Waals surface area contributed by atoms with Gasteiger partial charge in [-0.1, -0.05) is 0 Å². The minimum Gasteiger partial charge on any atom is -0.394 e. The van der Waals surface area contributed by atoms with Crippen molar-refractivity contribution in [3.63, 3.8) is 0 Å². The van der Waals surface area contributed by atoms with Crippen LogP contribution in [0.4, 0.5) is 10.6 Å². The van der Waals surface area contributed by atoms with Gasteiger partial charge in [0.15, 0.2) is 17.7 Å². The number of unbranched alkanes of at least 4 members (excludes halogenated alkanes) is 1. The van der Waals surface area contributed by atoms with Crippen molar-refractivity contribution < 1.29 is 24.5 Å². The first kappa shape index (κ1) is 22.6. The number of nitrogen functional groups attached to an aromatic ring is 1. The van der Waals surface area contributed by atoms with E-state index in [0.29, 0.717) is 37.0 Å². The molecule has 3 heterocycles. The molecule has 0 bridgehead atoms. The molecule has 1 aliphatic heterocycles. The molecule has 1 saturated heterocycles. The lowest BCUT2D eigenvalue weighted by Gasteiger charge is -2.22. The van der Waals surface area contributed by atoms with Crippen LogP contribution in [0.25, 0.3) is 11.2 Å². The van der Waals surface area contributed by atoms with Gasteiger partial charge < -0.3 is 42.8 Å². The maximum atomic E-state index is 12.5. The van der Waals surface area contributed by atoms with Gasteiger partial charge in [-0.3, -0.25) is 9.36 Å². The Morgan fingerprint density at radius 3 is 2.77 bits per heavy atom. The fourth-order valence-corrected chi connectivity index (χ4v) is 3.47. The maximum absolute atomic E-state index is 12.5. The van der Waals surface area contributed by atoms with E-state index in [0.717, 1.165) is 0 Å². The summed E-state index contributed by atoms with van der Waals surface area (Å²) in [6, 6.07) is -2.34. The Kier molecular flexibility index (Phi) is 7.17. The number of primary amides is 1. The number of nitrogens with two attached hydrogens (primary N) is 3. The number of carbonyl (C=O) groups is 2. The van der Waals surface area contributed by atoms with Crippen LogP contribution in [0.1, 0.15) is 25.5 Å². The SMILES string of the molecule is NC(=O)NCCCCC(N)C(=O)NC1C(CO)OC(n2cnc3c(N)ncnc32)C1O. The van der Waals surface area contributed by atoms with Crippen LogP contribution in [0, 0.1) is 0 Å². The van der Waals surface area contributed by atoms with Crippen LogP contribution >= 0.6 is 0 Å². The summed E-state index contributed by atoms with van der Waals surface area (Å²) in [7, 11) is 0. The summed E-state index contributed by atoms with van der Waals surface area (Å²) in [6.45, 7) is -0.0453. The van der Waals surface area contributed by atoms with Crippen molar-refractivity contribution in [1.29, 1.82) is 0 Å². The van der Waals surface area contributed by atoms with Crippen molar-refractivity contribution in [2.24, 2.45) is 11.5 Å². The third-order valence-electron chi connectivity index (χ3n) is 5.10. The highest BCUT2D eigenvalue weighted by atomic mass is 16.5. The molecule has 31 heavy (non-hydrogen) atoms. The Balaban J connectivity index is 1.62. The number of aliphatic hydroxyl groups excluding tert-OH is 2. The van der Waals surface area contributed by atoms with Crippen LogP contribution in [0.15, 0.2) is 12.7 Å². The van der Waals surface area contributed by atoms with Gasteiger partial charge in [0.2, 0.25) is 5.91 Å². The zero-order valence-electron chi connectivity index (χ0n) is 16.7. The number of carbonyl (C=O) groups excluding carboxylic acids is 2. The fraction of sp³-hybridized carbons (Fsp3) is 0.588. The maximum Gasteiger partial charge on any atom is 0.312 e. The van der Waals surface area contributed by atoms with Gasteiger partial charge in [-0.25, -0.2) is 19.7 Å². The Morgan fingerprint density at radius 2 is 2.06 bits per heavy atom. The number of aliphatic hydroxyl groups is 2. The zero-order valence-corrected chi connectivity index (χ0v) is 16.7. The number of urea groups is 1. The second kappa shape index (κ2) is 9.82. The summed E-state index contributed by atoms with van der Waals surface area (Å²) < 4.78 is 7.23. The van der Waals surface area contributed by atoms with Crippen LogP contribution in [-0.4, -0.2) is 79.1 Å². The van der Waals surface area contributed by atoms with E-state index in [1.54, 1.807) is 0 Å². The molecule has 10 N–H and O–H groups in total. The standard InChI is InChI=1S/C17H27N9O5/c18-8(3-1-2-4-21-17(20)30)15(29)25-10-9(5-27)31-16(12(10)28)26-7-24-11-13(19)22-6-23-14(11)26/h6-10,12,16,27-28H,1-5,18H2,(H,25,29)(H2,19,22,23)(H3,20,21,30). The molecule has 3 rings (SSSR count). The second-order valence-electron chi connectivity index (χ2n) is 7.25. The van der Waals surface area contributed by atoms with E-state index < -0.39 is 49.1 Å². The molecule has 0 saturated carbocycles. The van der Waals surface area contributed by atoms with Gasteiger partial charge in [0.25, 0.3) is 0 Å². The lowest BCUT2D eigenvalue weighted by atomic mass is 10.0. The summed E-state index contributed by atoms with van der Waals surface area (Å²) in [5.41, 5.74) is 17.4.